The number of hydrogen-bond acceptors (Lipinski definition) is 4. The van der Waals surface area contributed by atoms with E-state index in [4.69, 9.17) is 5.73 Å². The molecule has 3 N–H and O–H groups in total. The van der Waals surface area contributed by atoms with Crippen LogP contribution in [-0.2, 0) is 21.2 Å². The predicted molar refractivity (Wildman–Crippen MR) is 75.0 cm³/mol. The van der Waals surface area contributed by atoms with E-state index in [2.05, 4.69) is 0 Å². The Morgan fingerprint density at radius 1 is 1.32 bits per heavy atom. The second-order valence-electron chi connectivity index (χ2n) is 4.42. The summed E-state index contributed by atoms with van der Waals surface area (Å²) in [5, 5.41) is 0. The summed E-state index contributed by atoms with van der Waals surface area (Å²) in [6, 6.07) is 8.80. The highest BCUT2D eigenvalue weighted by molar-refractivity contribution is 7.90. The molecular weight excluding hydrogens is 264 g/mol. The number of sulfonamides is 1. The molecule has 0 spiro atoms. The average Bonchev–Trinajstić information content (AvgIpc) is 2.36. The molecule has 1 atom stereocenters. The summed E-state index contributed by atoms with van der Waals surface area (Å²) in [6.45, 7) is 1.74. The van der Waals surface area contributed by atoms with Gasteiger partial charge >= 0.3 is 0 Å². The van der Waals surface area contributed by atoms with Crippen molar-refractivity contribution in [1.29, 1.82) is 0 Å². The van der Waals surface area contributed by atoms with E-state index in [-0.39, 0.29) is 5.75 Å². The Labute approximate surface area is 114 Å². The van der Waals surface area contributed by atoms with Crippen molar-refractivity contribution >= 4 is 15.9 Å². The predicted octanol–water partition coefficient (Wildman–Crippen LogP) is 0.803. The lowest BCUT2D eigenvalue weighted by molar-refractivity contribution is -0.120. The molecule has 0 heterocycles. The maximum absolute atomic E-state index is 11.6. The van der Waals surface area contributed by atoms with Crippen LogP contribution >= 0.6 is 0 Å². The smallest absolute Gasteiger partial charge is 0.250 e. The Morgan fingerprint density at radius 3 is 2.53 bits per heavy atom. The maximum atomic E-state index is 11.6. The molecule has 0 aliphatic rings. The highest BCUT2D eigenvalue weighted by Gasteiger charge is 2.19. The van der Waals surface area contributed by atoms with Crippen molar-refractivity contribution < 1.29 is 13.2 Å². The molecule has 0 fully saturated rings. The summed E-state index contributed by atoms with van der Waals surface area (Å²) in [6.07, 6.45) is 1.52. The first-order chi connectivity index (χ1) is 8.94. The third-order valence-electron chi connectivity index (χ3n) is 2.65. The zero-order valence-electron chi connectivity index (χ0n) is 11.0. The van der Waals surface area contributed by atoms with E-state index in [0.717, 1.165) is 5.56 Å². The number of benzene rings is 1. The molecule has 0 radical (unpaired) electrons. The van der Waals surface area contributed by atoms with Crippen molar-refractivity contribution in [3.8, 4) is 0 Å². The van der Waals surface area contributed by atoms with Crippen LogP contribution in [0.25, 0.3) is 0 Å². The number of carbonyl (C=O) groups excluding carboxylic acids is 1. The molecule has 0 bridgehead atoms. The SMILES string of the molecule is CCCS(=O)(=O)NC(=O)C(N)CCc1ccccc1. The van der Waals surface area contributed by atoms with E-state index in [1.54, 1.807) is 6.92 Å². The van der Waals surface area contributed by atoms with Crippen LogP contribution < -0.4 is 10.5 Å². The number of rotatable bonds is 7. The Balaban J connectivity index is 2.45. The van der Waals surface area contributed by atoms with Crippen LogP contribution in [0, 0.1) is 0 Å². The largest absolute Gasteiger partial charge is 0.320 e. The molecular formula is C13H20N2O3S. The summed E-state index contributed by atoms with van der Waals surface area (Å²) in [5.41, 5.74) is 6.76. The normalized spacial score (nSPS) is 12.9. The van der Waals surface area contributed by atoms with Gasteiger partial charge < -0.3 is 5.73 Å². The molecule has 0 aliphatic heterocycles. The lowest BCUT2D eigenvalue weighted by atomic mass is 10.1. The van der Waals surface area contributed by atoms with Gasteiger partial charge in [-0.25, -0.2) is 8.42 Å². The molecule has 1 unspecified atom stereocenters. The summed E-state index contributed by atoms with van der Waals surface area (Å²) < 4.78 is 24.9. The number of hydrogen-bond donors (Lipinski definition) is 2. The molecule has 1 aromatic carbocycles. The number of nitrogens with two attached hydrogens (primary N) is 1. The van der Waals surface area contributed by atoms with Crippen molar-refractivity contribution in [2.75, 3.05) is 5.75 Å². The van der Waals surface area contributed by atoms with Crippen LogP contribution in [0.4, 0.5) is 0 Å². The maximum Gasteiger partial charge on any atom is 0.250 e. The monoisotopic (exact) mass is 284 g/mol. The van der Waals surface area contributed by atoms with Gasteiger partial charge in [0, 0.05) is 0 Å². The minimum atomic E-state index is -3.54. The van der Waals surface area contributed by atoms with Crippen LogP contribution in [0.15, 0.2) is 30.3 Å². The molecule has 6 heteroatoms. The fourth-order valence-electron chi connectivity index (χ4n) is 1.65. The van der Waals surface area contributed by atoms with Crippen molar-refractivity contribution in [2.24, 2.45) is 5.73 Å². The fourth-order valence-corrected chi connectivity index (χ4v) is 2.74. The van der Waals surface area contributed by atoms with Crippen molar-refractivity contribution in [3.63, 3.8) is 0 Å². The van der Waals surface area contributed by atoms with Crippen LogP contribution in [-0.4, -0.2) is 26.1 Å². The van der Waals surface area contributed by atoms with Gasteiger partial charge in [0.15, 0.2) is 0 Å². The first-order valence-corrected chi connectivity index (χ1v) is 7.93. The molecule has 1 amide bonds. The Morgan fingerprint density at radius 2 is 1.95 bits per heavy atom. The fraction of sp³-hybridized carbons (Fsp3) is 0.462. The van der Waals surface area contributed by atoms with Gasteiger partial charge in [-0.15, -0.1) is 0 Å². The van der Waals surface area contributed by atoms with Crippen LogP contribution in [0.1, 0.15) is 25.3 Å². The second kappa shape index (κ2) is 7.25. The lowest BCUT2D eigenvalue weighted by Crippen LogP contribution is -2.44. The minimum Gasteiger partial charge on any atom is -0.320 e. The van der Waals surface area contributed by atoms with Gasteiger partial charge in [-0.05, 0) is 24.8 Å². The highest BCUT2D eigenvalue weighted by Crippen LogP contribution is 2.04. The van der Waals surface area contributed by atoms with Gasteiger partial charge in [0.2, 0.25) is 15.9 Å². The quantitative estimate of drug-likeness (QED) is 0.775. The topological polar surface area (TPSA) is 89.3 Å². The third-order valence-corrected chi connectivity index (χ3v) is 4.11. The first kappa shape index (κ1) is 15.7. The number of carbonyl (C=O) groups is 1. The van der Waals surface area contributed by atoms with Gasteiger partial charge in [0.1, 0.15) is 0 Å². The van der Waals surface area contributed by atoms with E-state index >= 15 is 0 Å². The van der Waals surface area contributed by atoms with E-state index < -0.39 is 22.0 Å². The average molecular weight is 284 g/mol. The van der Waals surface area contributed by atoms with E-state index in [1.807, 2.05) is 35.1 Å². The summed E-state index contributed by atoms with van der Waals surface area (Å²) >= 11 is 0. The van der Waals surface area contributed by atoms with E-state index in [1.165, 1.54) is 0 Å². The lowest BCUT2D eigenvalue weighted by Gasteiger charge is -2.12. The minimum absolute atomic E-state index is 0.0653. The van der Waals surface area contributed by atoms with Crippen LogP contribution in [0.2, 0.25) is 0 Å². The Bertz CT molecular complexity index is 500. The highest BCUT2D eigenvalue weighted by atomic mass is 32.2. The van der Waals surface area contributed by atoms with Gasteiger partial charge in [-0.1, -0.05) is 37.3 Å². The summed E-state index contributed by atoms with van der Waals surface area (Å²) in [5.74, 6) is -0.700. The molecule has 0 saturated heterocycles. The molecule has 0 saturated carbocycles. The van der Waals surface area contributed by atoms with Gasteiger partial charge in [0.05, 0.1) is 11.8 Å². The van der Waals surface area contributed by atoms with Gasteiger partial charge in [-0.2, -0.15) is 0 Å². The number of amides is 1. The third kappa shape index (κ3) is 5.85. The van der Waals surface area contributed by atoms with Crippen LogP contribution in [0.3, 0.4) is 0 Å². The Hall–Kier alpha value is -1.40. The molecule has 0 aromatic heterocycles. The van der Waals surface area contributed by atoms with E-state index in [0.29, 0.717) is 19.3 Å². The zero-order valence-corrected chi connectivity index (χ0v) is 11.8. The summed E-state index contributed by atoms with van der Waals surface area (Å²) in [7, 11) is -3.54. The summed E-state index contributed by atoms with van der Waals surface area (Å²) in [4.78, 5) is 11.6. The standard InChI is InChI=1S/C13H20N2O3S/c1-2-10-19(17,18)15-13(16)12(14)9-8-11-6-4-3-5-7-11/h3-7,12H,2,8-10,14H2,1H3,(H,15,16). The molecule has 1 aromatic rings. The second-order valence-corrected chi connectivity index (χ2v) is 6.26. The zero-order chi connectivity index (χ0) is 14.3. The van der Waals surface area contributed by atoms with Crippen molar-refractivity contribution in [2.45, 2.75) is 32.2 Å². The van der Waals surface area contributed by atoms with Crippen molar-refractivity contribution in [3.05, 3.63) is 35.9 Å². The number of nitrogens with one attached hydrogen (secondary N) is 1. The van der Waals surface area contributed by atoms with Gasteiger partial charge in [-0.3, -0.25) is 9.52 Å². The van der Waals surface area contributed by atoms with Crippen molar-refractivity contribution in [1.82, 2.24) is 4.72 Å². The molecule has 106 valence electrons. The Kier molecular flexibility index (Phi) is 5.98. The number of aryl methyl sites for hydroxylation is 1. The first-order valence-electron chi connectivity index (χ1n) is 6.28. The van der Waals surface area contributed by atoms with Crippen LogP contribution in [0.5, 0.6) is 0 Å². The molecule has 1 rings (SSSR count). The molecule has 19 heavy (non-hydrogen) atoms. The van der Waals surface area contributed by atoms with E-state index in [9.17, 15) is 13.2 Å². The molecule has 5 nitrogen and oxygen atoms in total. The van der Waals surface area contributed by atoms with Gasteiger partial charge in [0.25, 0.3) is 0 Å². The molecule has 0 aliphatic carbocycles.